The van der Waals surface area contributed by atoms with E-state index in [2.05, 4.69) is 4.72 Å². The first-order chi connectivity index (χ1) is 10.6. The summed E-state index contributed by atoms with van der Waals surface area (Å²) in [5, 5.41) is 1.87. The molecule has 0 spiro atoms. The fourth-order valence-electron chi connectivity index (χ4n) is 2.43. The summed E-state index contributed by atoms with van der Waals surface area (Å²) in [6, 6.07) is 12.6. The van der Waals surface area contributed by atoms with Gasteiger partial charge in [-0.25, -0.2) is 13.1 Å². The van der Waals surface area contributed by atoms with Crippen LogP contribution in [0.4, 0.5) is 0 Å². The van der Waals surface area contributed by atoms with Crippen molar-refractivity contribution in [3.05, 3.63) is 42.5 Å². The van der Waals surface area contributed by atoms with Gasteiger partial charge in [-0.05, 0) is 29.3 Å². The van der Waals surface area contributed by atoms with Crippen molar-refractivity contribution in [3.63, 3.8) is 0 Å². The van der Waals surface area contributed by atoms with Crippen molar-refractivity contribution in [1.82, 2.24) is 9.62 Å². The summed E-state index contributed by atoms with van der Waals surface area (Å²) in [4.78, 5) is 13.7. The van der Waals surface area contributed by atoms with Crippen LogP contribution < -0.4 is 4.72 Å². The first-order valence-corrected chi connectivity index (χ1v) is 8.81. The minimum absolute atomic E-state index is 0.00691. The summed E-state index contributed by atoms with van der Waals surface area (Å²) in [7, 11) is -3.58. The number of rotatable bonds is 5. The van der Waals surface area contributed by atoms with Gasteiger partial charge in [-0.2, -0.15) is 0 Å². The molecule has 116 valence electrons. The Labute approximate surface area is 130 Å². The zero-order chi connectivity index (χ0) is 15.6. The third-order valence-corrected chi connectivity index (χ3v) is 5.33. The number of sulfonamides is 1. The molecular formula is C16H18N2O3S. The highest BCUT2D eigenvalue weighted by Crippen LogP contribution is 2.18. The molecular weight excluding hydrogens is 300 g/mol. The Hall–Kier alpha value is -1.92. The van der Waals surface area contributed by atoms with E-state index in [1.165, 1.54) is 0 Å². The minimum Gasteiger partial charge on any atom is -0.343 e. The molecule has 0 bridgehead atoms. The van der Waals surface area contributed by atoms with Crippen molar-refractivity contribution in [3.8, 4) is 0 Å². The number of nitrogens with zero attached hydrogens (tertiary/aromatic N) is 1. The second-order valence-electron chi connectivity index (χ2n) is 5.39. The van der Waals surface area contributed by atoms with Crippen LogP contribution in [0.15, 0.2) is 47.4 Å². The maximum Gasteiger partial charge on any atom is 0.240 e. The summed E-state index contributed by atoms with van der Waals surface area (Å²) in [6.07, 6.45) is 1.24. The van der Waals surface area contributed by atoms with Crippen LogP contribution in [0.1, 0.15) is 12.8 Å². The van der Waals surface area contributed by atoms with E-state index in [-0.39, 0.29) is 23.8 Å². The molecule has 0 saturated carbocycles. The fourth-order valence-corrected chi connectivity index (χ4v) is 3.50. The third kappa shape index (κ3) is 3.13. The van der Waals surface area contributed by atoms with Gasteiger partial charge >= 0.3 is 0 Å². The molecule has 2 aromatic carbocycles. The van der Waals surface area contributed by atoms with Gasteiger partial charge in [0.15, 0.2) is 0 Å². The summed E-state index contributed by atoms with van der Waals surface area (Å²) in [5.74, 6) is 0.00691. The van der Waals surface area contributed by atoms with Gasteiger partial charge in [0.05, 0.1) is 4.90 Å². The zero-order valence-corrected chi connectivity index (χ0v) is 13.0. The molecule has 2 aromatic rings. The number of carbonyl (C=O) groups excluding carboxylic acids is 1. The van der Waals surface area contributed by atoms with E-state index >= 15 is 0 Å². The van der Waals surface area contributed by atoms with Crippen LogP contribution in [0.3, 0.4) is 0 Å². The van der Waals surface area contributed by atoms with Crippen LogP contribution in [-0.2, 0) is 14.8 Å². The van der Waals surface area contributed by atoms with Crippen molar-refractivity contribution in [2.45, 2.75) is 17.7 Å². The Bertz CT molecular complexity index is 798. The van der Waals surface area contributed by atoms with E-state index in [0.29, 0.717) is 0 Å². The highest BCUT2D eigenvalue weighted by Gasteiger charge is 2.20. The third-order valence-electron chi connectivity index (χ3n) is 3.87. The molecule has 5 nitrogen and oxygen atoms in total. The maximum absolute atomic E-state index is 12.3. The number of hydrogen-bond acceptors (Lipinski definition) is 3. The molecule has 3 rings (SSSR count). The lowest BCUT2D eigenvalue weighted by atomic mass is 10.1. The van der Waals surface area contributed by atoms with Crippen molar-refractivity contribution >= 4 is 26.7 Å². The zero-order valence-electron chi connectivity index (χ0n) is 12.2. The van der Waals surface area contributed by atoms with Crippen molar-refractivity contribution in [1.29, 1.82) is 0 Å². The largest absolute Gasteiger partial charge is 0.343 e. The van der Waals surface area contributed by atoms with Crippen LogP contribution in [-0.4, -0.2) is 38.9 Å². The highest BCUT2D eigenvalue weighted by atomic mass is 32.2. The fraction of sp³-hybridized carbons (Fsp3) is 0.312. The van der Waals surface area contributed by atoms with E-state index in [9.17, 15) is 13.2 Å². The number of hydrogen-bond donors (Lipinski definition) is 1. The molecule has 1 fully saturated rings. The summed E-state index contributed by atoms with van der Waals surface area (Å²) in [6.45, 7) is 1.71. The van der Waals surface area contributed by atoms with Gasteiger partial charge in [-0.15, -0.1) is 0 Å². The van der Waals surface area contributed by atoms with Gasteiger partial charge in [0.25, 0.3) is 0 Å². The smallest absolute Gasteiger partial charge is 0.240 e. The molecule has 1 saturated heterocycles. The quantitative estimate of drug-likeness (QED) is 0.913. The van der Waals surface area contributed by atoms with Crippen molar-refractivity contribution < 1.29 is 13.2 Å². The summed E-state index contributed by atoms with van der Waals surface area (Å²) < 4.78 is 27.0. The van der Waals surface area contributed by atoms with E-state index in [1.54, 1.807) is 23.1 Å². The Morgan fingerprint density at radius 1 is 1.09 bits per heavy atom. The maximum atomic E-state index is 12.3. The first-order valence-electron chi connectivity index (χ1n) is 7.32. The van der Waals surface area contributed by atoms with Crippen LogP contribution in [0.25, 0.3) is 10.8 Å². The lowest BCUT2D eigenvalue weighted by Crippen LogP contribution is -2.43. The standard InChI is InChI=1S/C16H18N2O3S/c19-16(18-10-3-11-18)8-9-17-22(20,21)15-7-6-13-4-1-2-5-14(13)12-15/h1-2,4-7,12,17H,3,8-11H2. The summed E-state index contributed by atoms with van der Waals surface area (Å²) in [5.41, 5.74) is 0. The van der Waals surface area contributed by atoms with Gasteiger partial charge in [-0.1, -0.05) is 30.3 Å². The number of amides is 1. The number of likely N-dealkylation sites (tertiary alicyclic amines) is 1. The monoisotopic (exact) mass is 318 g/mol. The molecule has 22 heavy (non-hydrogen) atoms. The second kappa shape index (κ2) is 6.06. The van der Waals surface area contributed by atoms with Crippen LogP contribution >= 0.6 is 0 Å². The number of benzene rings is 2. The van der Waals surface area contributed by atoms with E-state index in [1.807, 2.05) is 24.3 Å². The topological polar surface area (TPSA) is 66.5 Å². The number of nitrogens with one attached hydrogen (secondary N) is 1. The molecule has 1 aliphatic heterocycles. The van der Waals surface area contributed by atoms with Gasteiger partial charge < -0.3 is 4.90 Å². The van der Waals surface area contributed by atoms with Crippen LogP contribution in [0.2, 0.25) is 0 Å². The number of carbonyl (C=O) groups is 1. The van der Waals surface area contributed by atoms with Gasteiger partial charge in [0.2, 0.25) is 15.9 Å². The lowest BCUT2D eigenvalue weighted by molar-refractivity contribution is -0.134. The molecule has 1 N–H and O–H groups in total. The van der Waals surface area contributed by atoms with Crippen LogP contribution in [0, 0.1) is 0 Å². The van der Waals surface area contributed by atoms with E-state index < -0.39 is 10.0 Å². The number of fused-ring (bicyclic) bond motifs is 1. The molecule has 0 aliphatic carbocycles. The molecule has 6 heteroatoms. The Balaban J connectivity index is 1.67. The normalized spacial score (nSPS) is 14.8. The van der Waals surface area contributed by atoms with Crippen LogP contribution in [0.5, 0.6) is 0 Å². The predicted octanol–water partition coefficient (Wildman–Crippen LogP) is 1.74. The molecule has 0 unspecified atom stereocenters. The van der Waals surface area contributed by atoms with Gasteiger partial charge in [0.1, 0.15) is 0 Å². The Morgan fingerprint density at radius 2 is 1.82 bits per heavy atom. The lowest BCUT2D eigenvalue weighted by Gasteiger charge is -2.30. The van der Waals surface area contributed by atoms with Gasteiger partial charge in [0, 0.05) is 26.1 Å². The summed E-state index contributed by atoms with van der Waals surface area (Å²) >= 11 is 0. The molecule has 0 radical (unpaired) electrons. The average molecular weight is 318 g/mol. The van der Waals surface area contributed by atoms with Gasteiger partial charge in [-0.3, -0.25) is 4.79 Å². The Morgan fingerprint density at radius 3 is 2.50 bits per heavy atom. The SMILES string of the molecule is O=C(CCNS(=O)(=O)c1ccc2ccccc2c1)N1CCC1. The van der Waals surface area contributed by atoms with E-state index in [4.69, 9.17) is 0 Å². The molecule has 0 aromatic heterocycles. The predicted molar refractivity (Wildman–Crippen MR) is 85.0 cm³/mol. The second-order valence-corrected chi connectivity index (χ2v) is 7.16. The molecule has 1 heterocycles. The minimum atomic E-state index is -3.58. The van der Waals surface area contributed by atoms with E-state index in [0.717, 1.165) is 30.3 Å². The highest BCUT2D eigenvalue weighted by molar-refractivity contribution is 7.89. The average Bonchev–Trinajstić information content (AvgIpc) is 2.44. The molecule has 1 aliphatic rings. The van der Waals surface area contributed by atoms with Crippen molar-refractivity contribution in [2.75, 3.05) is 19.6 Å². The Kier molecular flexibility index (Phi) is 4.13. The molecule has 1 amide bonds. The molecule has 0 atom stereocenters. The van der Waals surface area contributed by atoms with Crippen molar-refractivity contribution in [2.24, 2.45) is 0 Å². The first kappa shape index (κ1) is 15.0.